The molecule has 0 aromatic rings. The topological polar surface area (TPSA) is 27.7 Å². The van der Waals surface area contributed by atoms with Gasteiger partial charge in [-0.25, -0.2) is 0 Å². The molecule has 0 saturated carbocycles. The molecule has 0 bridgehead atoms. The van der Waals surface area contributed by atoms with Crippen LogP contribution in [-0.4, -0.2) is 33.2 Å². The lowest BCUT2D eigenvalue weighted by molar-refractivity contribution is 0.00578. The lowest BCUT2D eigenvalue weighted by Crippen LogP contribution is -2.42. The van der Waals surface area contributed by atoms with Gasteiger partial charge in [0, 0.05) is 6.61 Å². The molecule has 23 heavy (non-hydrogen) atoms. The molecule has 136 valence electrons. The van der Waals surface area contributed by atoms with Gasteiger partial charge in [0.25, 0.3) is 0 Å². The van der Waals surface area contributed by atoms with E-state index in [0.29, 0.717) is 11.7 Å². The molecule has 0 aliphatic carbocycles. The summed E-state index contributed by atoms with van der Waals surface area (Å²) in [4.78, 5) is 0. The van der Waals surface area contributed by atoms with Crippen LogP contribution in [0.4, 0.5) is 0 Å². The first-order valence-electron chi connectivity index (χ1n) is 9.09. The van der Waals surface area contributed by atoms with E-state index in [1.54, 1.807) is 0 Å². The molecule has 1 heterocycles. The third kappa shape index (κ3) is 5.07. The Bertz CT molecular complexity index is 386. The van der Waals surface area contributed by atoms with Crippen molar-refractivity contribution in [3.8, 4) is 0 Å². The molecule has 0 amide bonds. The van der Waals surface area contributed by atoms with Crippen LogP contribution < -0.4 is 0 Å². The van der Waals surface area contributed by atoms with Crippen LogP contribution in [0.15, 0.2) is 0 Å². The molecule has 2 atom stereocenters. The van der Waals surface area contributed by atoms with Gasteiger partial charge in [-0.2, -0.15) is 0 Å². The second kappa shape index (κ2) is 6.81. The normalized spacial score (nSPS) is 23.9. The van der Waals surface area contributed by atoms with E-state index < -0.39 is 8.32 Å². The number of hydrogen-bond acceptors (Lipinski definition) is 3. The monoisotopic (exact) mass is 342 g/mol. The molecule has 3 nitrogen and oxygen atoms in total. The fraction of sp³-hybridized carbons (Fsp3) is 1.00. The molecule has 1 aliphatic heterocycles. The molecule has 1 saturated heterocycles. The van der Waals surface area contributed by atoms with E-state index in [-0.39, 0.29) is 23.4 Å². The van der Waals surface area contributed by atoms with E-state index in [2.05, 4.69) is 75.4 Å². The maximum atomic E-state index is 6.36. The van der Waals surface area contributed by atoms with Gasteiger partial charge in [0.05, 0.1) is 11.2 Å². The fourth-order valence-electron chi connectivity index (χ4n) is 2.50. The Hall–Kier alpha value is 0.162. The maximum Gasteiger partial charge on any atom is 0.460 e. The summed E-state index contributed by atoms with van der Waals surface area (Å²) in [6, 6.07) is 0. The third-order valence-electron chi connectivity index (χ3n) is 6.05. The fourth-order valence-corrected chi connectivity index (χ4v) is 3.64. The summed E-state index contributed by atoms with van der Waals surface area (Å²) < 4.78 is 18.7. The highest BCUT2D eigenvalue weighted by molar-refractivity contribution is 6.74. The zero-order valence-electron chi connectivity index (χ0n) is 17.4. The predicted octanol–water partition coefficient (Wildman–Crippen LogP) is 5.52. The smallest absolute Gasteiger partial charge is 0.417 e. The lowest BCUT2D eigenvalue weighted by Gasteiger charge is -2.37. The van der Waals surface area contributed by atoms with E-state index in [9.17, 15) is 0 Å². The van der Waals surface area contributed by atoms with Gasteiger partial charge in [-0.3, -0.25) is 0 Å². The maximum absolute atomic E-state index is 6.36. The summed E-state index contributed by atoms with van der Waals surface area (Å²) in [5.74, 6) is 0.882. The summed E-state index contributed by atoms with van der Waals surface area (Å²) in [7, 11) is -1.77. The minimum atomic E-state index is -1.66. The summed E-state index contributed by atoms with van der Waals surface area (Å²) in [5.41, 5.74) is -0.486. The van der Waals surface area contributed by atoms with Crippen molar-refractivity contribution in [1.82, 2.24) is 0 Å². The van der Waals surface area contributed by atoms with Crippen LogP contribution in [0.3, 0.4) is 0 Å². The van der Waals surface area contributed by atoms with Gasteiger partial charge in [-0.15, -0.1) is 0 Å². The van der Waals surface area contributed by atoms with Gasteiger partial charge >= 0.3 is 7.12 Å². The van der Waals surface area contributed by atoms with Gasteiger partial charge in [-0.1, -0.05) is 34.6 Å². The van der Waals surface area contributed by atoms with Gasteiger partial charge in [0.2, 0.25) is 0 Å². The zero-order chi connectivity index (χ0) is 18.3. The molecular weight excluding hydrogens is 303 g/mol. The highest BCUT2D eigenvalue weighted by Gasteiger charge is 2.52. The minimum absolute atomic E-state index is 0.115. The Morgan fingerprint density at radius 2 is 1.43 bits per heavy atom. The molecule has 1 fully saturated rings. The van der Waals surface area contributed by atoms with Crippen molar-refractivity contribution >= 4 is 15.4 Å². The van der Waals surface area contributed by atoms with Crippen molar-refractivity contribution in [3.05, 3.63) is 0 Å². The van der Waals surface area contributed by atoms with Crippen LogP contribution in [0.25, 0.3) is 0 Å². The largest absolute Gasteiger partial charge is 0.460 e. The van der Waals surface area contributed by atoms with Crippen LogP contribution in [0.5, 0.6) is 0 Å². The quantitative estimate of drug-likeness (QED) is 0.595. The van der Waals surface area contributed by atoms with Gasteiger partial charge in [0.15, 0.2) is 8.32 Å². The average Bonchev–Trinajstić information content (AvgIpc) is 2.55. The Morgan fingerprint density at radius 1 is 1.00 bits per heavy atom. The van der Waals surface area contributed by atoms with Crippen molar-refractivity contribution in [2.45, 2.75) is 104 Å². The standard InChI is InChI=1S/C18H39BO3Si/c1-14(13-20-23(10,11)16(3,4)5)12-15(2)19-21-17(6,7)18(8,9)22-19/h14-15H,12-13H2,1-11H3/t14-,15+/m0/s1. The van der Waals surface area contributed by atoms with Crippen LogP contribution in [-0.2, 0) is 13.7 Å². The van der Waals surface area contributed by atoms with Crippen LogP contribution in [0.1, 0.15) is 68.7 Å². The molecule has 0 spiro atoms. The Kier molecular flexibility index (Phi) is 6.28. The highest BCUT2D eigenvalue weighted by atomic mass is 28.4. The first-order valence-corrected chi connectivity index (χ1v) is 12.0. The summed E-state index contributed by atoms with van der Waals surface area (Å²) in [6.45, 7) is 25.3. The molecule has 0 N–H and O–H groups in total. The summed E-state index contributed by atoms with van der Waals surface area (Å²) >= 11 is 0. The first-order chi connectivity index (χ1) is 10.1. The van der Waals surface area contributed by atoms with Crippen molar-refractivity contribution < 1.29 is 13.7 Å². The Balaban J connectivity index is 2.51. The van der Waals surface area contributed by atoms with E-state index in [4.69, 9.17) is 13.7 Å². The Morgan fingerprint density at radius 3 is 1.83 bits per heavy atom. The van der Waals surface area contributed by atoms with Crippen molar-refractivity contribution in [3.63, 3.8) is 0 Å². The lowest BCUT2D eigenvalue weighted by atomic mass is 9.69. The zero-order valence-corrected chi connectivity index (χ0v) is 18.4. The second-order valence-corrected chi connectivity index (χ2v) is 14.8. The molecule has 1 aliphatic rings. The predicted molar refractivity (Wildman–Crippen MR) is 102 cm³/mol. The average molecular weight is 342 g/mol. The summed E-state index contributed by atoms with van der Waals surface area (Å²) in [6.07, 6.45) is 1.06. The van der Waals surface area contributed by atoms with Crippen LogP contribution in [0, 0.1) is 5.92 Å². The molecule has 1 rings (SSSR count). The number of hydrogen-bond donors (Lipinski definition) is 0. The third-order valence-corrected chi connectivity index (χ3v) is 10.5. The van der Waals surface area contributed by atoms with Gasteiger partial charge < -0.3 is 13.7 Å². The van der Waals surface area contributed by atoms with E-state index in [1.165, 1.54) is 0 Å². The molecule has 0 aromatic carbocycles. The van der Waals surface area contributed by atoms with E-state index in [1.807, 2.05) is 0 Å². The van der Waals surface area contributed by atoms with Crippen molar-refractivity contribution in [2.24, 2.45) is 5.92 Å². The molecular formula is C18H39BO3Si. The summed E-state index contributed by atoms with van der Waals surface area (Å²) in [5, 5.41) is 0.268. The second-order valence-electron chi connectivity index (χ2n) is 10.0. The molecule has 0 radical (unpaired) electrons. The van der Waals surface area contributed by atoms with E-state index >= 15 is 0 Å². The van der Waals surface area contributed by atoms with E-state index in [0.717, 1.165) is 13.0 Å². The molecule has 5 heteroatoms. The van der Waals surface area contributed by atoms with Crippen molar-refractivity contribution in [2.75, 3.05) is 6.61 Å². The van der Waals surface area contributed by atoms with Crippen LogP contribution >= 0.6 is 0 Å². The number of rotatable bonds is 6. The SMILES string of the molecule is C[C@H](CO[Si](C)(C)C(C)(C)C)C[C@@H](C)B1OC(C)(C)C(C)(C)O1. The first kappa shape index (κ1) is 21.2. The molecule has 0 aromatic heterocycles. The van der Waals surface area contributed by atoms with Crippen molar-refractivity contribution in [1.29, 1.82) is 0 Å². The molecule has 0 unspecified atom stereocenters. The highest BCUT2D eigenvalue weighted by Crippen LogP contribution is 2.41. The Labute approximate surface area is 146 Å². The van der Waals surface area contributed by atoms with Gasteiger partial charge in [-0.05, 0) is 64.0 Å². The van der Waals surface area contributed by atoms with Crippen LogP contribution in [0.2, 0.25) is 23.9 Å². The minimum Gasteiger partial charge on any atom is -0.417 e. The van der Waals surface area contributed by atoms with Gasteiger partial charge in [0.1, 0.15) is 0 Å².